The molecule has 4 heterocycles. The summed E-state index contributed by atoms with van der Waals surface area (Å²) < 4.78 is 11.9. The highest BCUT2D eigenvalue weighted by Gasteiger charge is 2.41. The van der Waals surface area contributed by atoms with E-state index in [4.69, 9.17) is 33.0 Å². The van der Waals surface area contributed by atoms with Crippen LogP contribution in [0.2, 0.25) is 5.02 Å². The molecule has 2 atom stereocenters. The third-order valence-corrected chi connectivity index (χ3v) is 7.09. The van der Waals surface area contributed by atoms with Crippen molar-refractivity contribution in [2.24, 2.45) is 0 Å². The summed E-state index contributed by atoms with van der Waals surface area (Å²) in [6, 6.07) is 15.8. The zero-order valence-electron chi connectivity index (χ0n) is 18.5. The van der Waals surface area contributed by atoms with Gasteiger partial charge in [-0.2, -0.15) is 0 Å². The van der Waals surface area contributed by atoms with Gasteiger partial charge in [0.05, 0.1) is 24.9 Å². The highest BCUT2D eigenvalue weighted by Crippen LogP contribution is 2.40. The molecule has 6 nitrogen and oxygen atoms in total. The average molecular weight is 483 g/mol. The third-order valence-electron chi connectivity index (χ3n) is 6.33. The van der Waals surface area contributed by atoms with Crippen LogP contribution in [0.15, 0.2) is 59.1 Å². The SMILES string of the molecule is Cc1ccc(-c2ccc([C@@H]3[C@H](c4ccccn4)NC(=S)N3CCN3CCOCC3)o2)cc1Cl. The number of halogens is 1. The zero-order chi connectivity index (χ0) is 22.8. The van der Waals surface area contributed by atoms with Crippen LogP contribution in [0.4, 0.5) is 0 Å². The van der Waals surface area contributed by atoms with Crippen molar-refractivity contribution in [1.29, 1.82) is 0 Å². The van der Waals surface area contributed by atoms with Crippen LogP contribution >= 0.6 is 23.8 Å². The van der Waals surface area contributed by atoms with Crippen LogP contribution < -0.4 is 5.32 Å². The van der Waals surface area contributed by atoms with Gasteiger partial charge in [-0.15, -0.1) is 0 Å². The third kappa shape index (κ3) is 4.77. The van der Waals surface area contributed by atoms with E-state index < -0.39 is 0 Å². The second kappa shape index (κ2) is 9.81. The lowest BCUT2D eigenvalue weighted by atomic mass is 10.0. The van der Waals surface area contributed by atoms with Crippen molar-refractivity contribution in [2.75, 3.05) is 39.4 Å². The van der Waals surface area contributed by atoms with Gasteiger partial charge in [-0.1, -0.05) is 29.8 Å². The molecule has 1 N–H and O–H groups in total. The predicted octanol–water partition coefficient (Wildman–Crippen LogP) is 4.61. The summed E-state index contributed by atoms with van der Waals surface area (Å²) in [5.74, 6) is 1.64. The second-order valence-corrected chi connectivity index (χ2v) is 9.23. The van der Waals surface area contributed by atoms with Crippen LogP contribution in [0.1, 0.15) is 29.1 Å². The number of pyridine rings is 1. The van der Waals surface area contributed by atoms with Gasteiger partial charge < -0.3 is 19.4 Å². The molecule has 2 aliphatic heterocycles. The minimum absolute atomic E-state index is 0.0935. The van der Waals surface area contributed by atoms with Crippen LogP contribution in [-0.4, -0.2) is 59.3 Å². The van der Waals surface area contributed by atoms with Gasteiger partial charge in [0.25, 0.3) is 0 Å². The van der Waals surface area contributed by atoms with Crippen molar-refractivity contribution >= 4 is 28.9 Å². The first kappa shape index (κ1) is 22.3. The second-order valence-electron chi connectivity index (χ2n) is 8.44. The van der Waals surface area contributed by atoms with E-state index in [0.29, 0.717) is 0 Å². The molecule has 8 heteroatoms. The fraction of sp³-hybridized carbons (Fsp3) is 0.360. The van der Waals surface area contributed by atoms with Crippen LogP contribution in [0.25, 0.3) is 11.3 Å². The lowest BCUT2D eigenvalue weighted by Crippen LogP contribution is -2.42. The molecule has 33 heavy (non-hydrogen) atoms. The molecule has 172 valence electrons. The molecule has 0 aliphatic carbocycles. The maximum atomic E-state index is 6.41. The summed E-state index contributed by atoms with van der Waals surface area (Å²) in [6.45, 7) is 7.16. The quantitative estimate of drug-likeness (QED) is 0.515. The van der Waals surface area contributed by atoms with Crippen LogP contribution in [0, 0.1) is 6.92 Å². The number of aromatic nitrogens is 1. The Labute approximate surface area is 204 Å². The number of hydrogen-bond acceptors (Lipinski definition) is 5. The topological polar surface area (TPSA) is 53.8 Å². The van der Waals surface area contributed by atoms with Crippen molar-refractivity contribution in [3.05, 3.63) is 76.8 Å². The minimum atomic E-state index is -0.0943. The van der Waals surface area contributed by atoms with Gasteiger partial charge in [-0.3, -0.25) is 9.88 Å². The maximum absolute atomic E-state index is 6.41. The summed E-state index contributed by atoms with van der Waals surface area (Å²) in [4.78, 5) is 9.25. The number of nitrogens with zero attached hydrogens (tertiary/aromatic N) is 3. The number of aryl methyl sites for hydroxylation is 1. The number of ether oxygens (including phenoxy) is 1. The smallest absolute Gasteiger partial charge is 0.170 e. The summed E-state index contributed by atoms with van der Waals surface area (Å²) in [6.07, 6.45) is 1.81. The van der Waals surface area contributed by atoms with Crippen LogP contribution in [0.3, 0.4) is 0 Å². The number of hydrogen-bond donors (Lipinski definition) is 1. The van der Waals surface area contributed by atoms with Gasteiger partial charge in [-0.25, -0.2) is 0 Å². The van der Waals surface area contributed by atoms with E-state index in [1.807, 2.05) is 61.7 Å². The molecule has 0 spiro atoms. The molecule has 5 rings (SSSR count). The van der Waals surface area contributed by atoms with Gasteiger partial charge in [0.15, 0.2) is 5.11 Å². The molecule has 0 amide bonds. The summed E-state index contributed by atoms with van der Waals surface area (Å²) >= 11 is 12.1. The lowest BCUT2D eigenvalue weighted by molar-refractivity contribution is 0.0347. The van der Waals surface area contributed by atoms with E-state index in [2.05, 4.69) is 20.1 Å². The molecule has 0 radical (unpaired) electrons. The van der Waals surface area contributed by atoms with Gasteiger partial charge in [0.2, 0.25) is 0 Å². The number of nitrogens with one attached hydrogen (secondary N) is 1. The normalized spacial score (nSPS) is 21.4. The average Bonchev–Trinajstić information content (AvgIpc) is 3.45. The van der Waals surface area contributed by atoms with E-state index in [-0.39, 0.29) is 12.1 Å². The summed E-state index contributed by atoms with van der Waals surface area (Å²) in [5.41, 5.74) is 2.94. The van der Waals surface area contributed by atoms with E-state index in [9.17, 15) is 0 Å². The standard InChI is InChI=1S/C25H27ClN4O2S/c1-17-5-6-18(16-19(17)26)21-7-8-22(32-21)24-23(20-4-2-3-9-27-20)28-25(33)30(24)11-10-29-12-14-31-15-13-29/h2-9,16,23-24H,10-15H2,1H3,(H,28,33)/t23-,24+/m0/s1. The van der Waals surface area contributed by atoms with Crippen molar-refractivity contribution in [3.63, 3.8) is 0 Å². The molecule has 2 fully saturated rings. The Morgan fingerprint density at radius 2 is 1.97 bits per heavy atom. The fourth-order valence-corrected chi connectivity index (χ4v) is 4.95. The van der Waals surface area contributed by atoms with E-state index in [0.717, 1.165) is 77.9 Å². The van der Waals surface area contributed by atoms with Crippen molar-refractivity contribution in [1.82, 2.24) is 20.1 Å². The van der Waals surface area contributed by atoms with Crippen molar-refractivity contribution in [3.8, 4) is 11.3 Å². The Bertz CT molecular complexity index is 1120. The zero-order valence-corrected chi connectivity index (χ0v) is 20.1. The van der Waals surface area contributed by atoms with Crippen LogP contribution in [-0.2, 0) is 4.74 Å². The molecule has 1 aromatic carbocycles. The van der Waals surface area contributed by atoms with Crippen molar-refractivity contribution in [2.45, 2.75) is 19.0 Å². The Balaban J connectivity index is 1.45. The number of furan rings is 1. The Morgan fingerprint density at radius 1 is 1.12 bits per heavy atom. The first-order valence-corrected chi connectivity index (χ1v) is 12.0. The molecule has 0 saturated carbocycles. The molecule has 0 unspecified atom stereocenters. The summed E-state index contributed by atoms with van der Waals surface area (Å²) in [7, 11) is 0. The molecule has 2 aromatic heterocycles. The first-order valence-electron chi connectivity index (χ1n) is 11.2. The highest BCUT2D eigenvalue weighted by molar-refractivity contribution is 7.80. The Hall–Kier alpha value is -2.45. The maximum Gasteiger partial charge on any atom is 0.170 e. The van der Waals surface area contributed by atoms with Crippen molar-refractivity contribution < 1.29 is 9.15 Å². The summed E-state index contributed by atoms with van der Waals surface area (Å²) in [5, 5.41) is 4.94. The number of rotatable bonds is 6. The van der Waals surface area contributed by atoms with E-state index in [1.54, 1.807) is 0 Å². The molecule has 2 aliphatic rings. The fourth-order valence-electron chi connectivity index (χ4n) is 4.44. The lowest BCUT2D eigenvalue weighted by Gasteiger charge is -2.31. The van der Waals surface area contributed by atoms with E-state index in [1.165, 1.54) is 0 Å². The van der Waals surface area contributed by atoms with E-state index >= 15 is 0 Å². The van der Waals surface area contributed by atoms with Gasteiger partial charge in [-0.05, 0) is 55.0 Å². The molecule has 3 aromatic rings. The molecular weight excluding hydrogens is 456 g/mol. The first-order chi connectivity index (χ1) is 16.1. The number of thiocarbonyl (C=S) groups is 1. The minimum Gasteiger partial charge on any atom is -0.459 e. The largest absolute Gasteiger partial charge is 0.459 e. The molecule has 0 bridgehead atoms. The number of benzene rings is 1. The van der Waals surface area contributed by atoms with Gasteiger partial charge in [0, 0.05) is 43.0 Å². The molecule has 2 saturated heterocycles. The van der Waals surface area contributed by atoms with Crippen LogP contribution in [0.5, 0.6) is 0 Å². The Kier molecular flexibility index (Phi) is 6.64. The number of morpholine rings is 1. The van der Waals surface area contributed by atoms with Gasteiger partial charge in [0.1, 0.15) is 17.6 Å². The highest BCUT2D eigenvalue weighted by atomic mass is 35.5. The molecular formula is C25H27ClN4O2S. The predicted molar refractivity (Wildman–Crippen MR) is 133 cm³/mol. The monoisotopic (exact) mass is 482 g/mol. The van der Waals surface area contributed by atoms with Gasteiger partial charge >= 0.3 is 0 Å². The Morgan fingerprint density at radius 3 is 2.73 bits per heavy atom.